The lowest BCUT2D eigenvalue weighted by molar-refractivity contribution is -0.126. The predicted octanol–water partition coefficient (Wildman–Crippen LogP) is 5.97. The summed E-state index contributed by atoms with van der Waals surface area (Å²) in [5.74, 6) is 0. The summed E-state index contributed by atoms with van der Waals surface area (Å²) < 4.78 is 22.1. The third kappa shape index (κ3) is 12.4. The largest absolute Gasteiger partial charge is 0.444 e. The minimum absolute atomic E-state index is 0.118. The zero-order valence-corrected chi connectivity index (χ0v) is 28.9. The van der Waals surface area contributed by atoms with E-state index in [4.69, 9.17) is 42.1 Å². The van der Waals surface area contributed by atoms with Crippen molar-refractivity contribution in [2.75, 3.05) is 32.9 Å². The quantitative estimate of drug-likeness (QED) is 0.372. The summed E-state index contributed by atoms with van der Waals surface area (Å²) >= 11 is 11.8. The first-order valence-corrected chi connectivity index (χ1v) is 16.1. The van der Waals surface area contributed by atoms with Crippen LogP contribution in [-0.2, 0) is 36.6 Å². The number of carbonyl (C=O) groups is 3. The van der Waals surface area contributed by atoms with Crippen molar-refractivity contribution < 1.29 is 38.4 Å². The number of ether oxygens (including phenoxy) is 4. The second-order valence-corrected chi connectivity index (χ2v) is 14.3. The highest BCUT2D eigenvalue weighted by Crippen LogP contribution is 2.22. The summed E-state index contributed by atoms with van der Waals surface area (Å²) in [5.41, 5.74) is 0.964. The highest BCUT2D eigenvalue weighted by Gasteiger charge is 2.36. The van der Waals surface area contributed by atoms with E-state index < -0.39 is 23.4 Å². The van der Waals surface area contributed by atoms with E-state index in [1.54, 1.807) is 9.80 Å². The molecule has 2 aromatic carbocycles. The topological polar surface area (TPSA) is 115 Å². The number of benzene rings is 2. The number of halogens is 2. The number of aldehydes is 1. The molecule has 0 aliphatic carbocycles. The van der Waals surface area contributed by atoms with Crippen LogP contribution in [0.25, 0.3) is 0 Å². The molecule has 2 aromatic rings. The number of morpholine rings is 2. The van der Waals surface area contributed by atoms with Crippen LogP contribution in [0, 0.1) is 0 Å². The maximum absolute atomic E-state index is 12.5. The molecule has 4 rings (SSSR count). The maximum Gasteiger partial charge on any atom is 0.410 e. The van der Waals surface area contributed by atoms with Crippen molar-refractivity contribution in [2.24, 2.45) is 0 Å². The lowest BCUT2D eigenvalue weighted by atomic mass is 10.0. The Kier molecular flexibility index (Phi) is 13.7. The van der Waals surface area contributed by atoms with Gasteiger partial charge in [0.05, 0.1) is 51.1 Å². The molecule has 2 fully saturated rings. The lowest BCUT2D eigenvalue weighted by Gasteiger charge is -2.39. The van der Waals surface area contributed by atoms with Gasteiger partial charge in [0.25, 0.3) is 0 Å². The van der Waals surface area contributed by atoms with Crippen LogP contribution in [0.5, 0.6) is 0 Å². The molecular formula is C34H46Cl2N2O8. The maximum atomic E-state index is 12.5. The van der Waals surface area contributed by atoms with Crippen molar-refractivity contribution in [3.63, 3.8) is 0 Å². The zero-order valence-electron chi connectivity index (χ0n) is 27.4. The Balaban J connectivity index is 0.000000250. The number of hydrogen-bond donors (Lipinski definition) is 1. The molecule has 0 bridgehead atoms. The molecule has 2 amide bonds. The Labute approximate surface area is 281 Å². The third-order valence-electron chi connectivity index (χ3n) is 7.07. The van der Waals surface area contributed by atoms with Crippen molar-refractivity contribution in [1.82, 2.24) is 9.80 Å². The molecule has 2 heterocycles. The van der Waals surface area contributed by atoms with Crippen LogP contribution < -0.4 is 0 Å². The molecule has 2 aliphatic heterocycles. The summed E-state index contributed by atoms with van der Waals surface area (Å²) in [6.45, 7) is 12.0. The fourth-order valence-corrected chi connectivity index (χ4v) is 5.14. The van der Waals surface area contributed by atoms with Gasteiger partial charge in [-0.2, -0.15) is 0 Å². The van der Waals surface area contributed by atoms with Gasteiger partial charge in [0.2, 0.25) is 0 Å². The number of carbonyl (C=O) groups excluding carboxylic acids is 3. The second-order valence-electron chi connectivity index (χ2n) is 13.4. The number of nitrogens with zero attached hydrogens (tertiary/aromatic N) is 2. The van der Waals surface area contributed by atoms with Crippen LogP contribution >= 0.6 is 23.2 Å². The highest BCUT2D eigenvalue weighted by molar-refractivity contribution is 6.30. The van der Waals surface area contributed by atoms with Crippen LogP contribution in [0.2, 0.25) is 10.0 Å². The Morgan fingerprint density at radius 3 is 1.59 bits per heavy atom. The van der Waals surface area contributed by atoms with Gasteiger partial charge in [-0.15, -0.1) is 0 Å². The van der Waals surface area contributed by atoms with E-state index in [1.165, 1.54) is 0 Å². The molecule has 0 aromatic heterocycles. The first-order valence-electron chi connectivity index (χ1n) is 15.3. The molecule has 0 spiro atoms. The Bertz CT molecular complexity index is 1280. The molecule has 1 N–H and O–H groups in total. The van der Waals surface area contributed by atoms with E-state index in [2.05, 4.69) is 0 Å². The molecule has 4 atom stereocenters. The third-order valence-corrected chi connectivity index (χ3v) is 7.57. The fourth-order valence-electron chi connectivity index (χ4n) is 4.88. The van der Waals surface area contributed by atoms with Gasteiger partial charge in [0.15, 0.2) is 6.29 Å². The number of aliphatic hydroxyl groups is 1. The number of rotatable bonds is 6. The molecular weight excluding hydrogens is 635 g/mol. The summed E-state index contributed by atoms with van der Waals surface area (Å²) in [6, 6.07) is 14.7. The van der Waals surface area contributed by atoms with Crippen LogP contribution in [-0.4, -0.2) is 102 Å². The smallest absolute Gasteiger partial charge is 0.410 e. The van der Waals surface area contributed by atoms with Gasteiger partial charge in [-0.3, -0.25) is 9.80 Å². The summed E-state index contributed by atoms with van der Waals surface area (Å²) in [6.07, 6.45) is 0.199. The number of hydrogen-bond acceptors (Lipinski definition) is 8. The highest BCUT2D eigenvalue weighted by atomic mass is 35.5. The van der Waals surface area contributed by atoms with Gasteiger partial charge in [0, 0.05) is 10.0 Å². The first kappa shape index (κ1) is 37.6. The standard InChI is InChI=1S/C17H24ClNO4.C17H22ClNO4/c2*1-17(2,3)23-16(21)19-9-15(10-20)22-11-14(19)8-12-4-6-13(18)7-5-12/h4-7,14-15,20H,8-11H2,1-3H3;4-7,10,14-15H,8-9,11H2,1-3H3/t2*14?,15-/m11/s1. The summed E-state index contributed by atoms with van der Waals surface area (Å²) in [7, 11) is 0. The van der Waals surface area contributed by atoms with Gasteiger partial charge >= 0.3 is 12.2 Å². The molecule has 2 saturated heterocycles. The fraction of sp³-hybridized carbons (Fsp3) is 0.559. The van der Waals surface area contributed by atoms with Gasteiger partial charge < -0.3 is 28.8 Å². The zero-order chi connectivity index (χ0) is 34.1. The van der Waals surface area contributed by atoms with Crippen molar-refractivity contribution in [2.45, 2.75) is 89.9 Å². The van der Waals surface area contributed by atoms with Crippen molar-refractivity contribution in [3.8, 4) is 0 Å². The van der Waals surface area contributed by atoms with Crippen molar-refractivity contribution in [1.29, 1.82) is 0 Å². The van der Waals surface area contributed by atoms with Crippen LogP contribution in [0.15, 0.2) is 48.5 Å². The average Bonchev–Trinajstić information content (AvgIpc) is 2.98. The van der Waals surface area contributed by atoms with Gasteiger partial charge in [-0.25, -0.2) is 9.59 Å². The van der Waals surface area contributed by atoms with Crippen molar-refractivity contribution >= 4 is 41.7 Å². The molecule has 2 unspecified atom stereocenters. The van der Waals surface area contributed by atoms with E-state index in [0.29, 0.717) is 42.6 Å². The van der Waals surface area contributed by atoms with E-state index in [0.717, 1.165) is 17.4 Å². The molecule has 0 radical (unpaired) electrons. The van der Waals surface area contributed by atoms with E-state index in [9.17, 15) is 19.5 Å². The van der Waals surface area contributed by atoms with Crippen molar-refractivity contribution in [3.05, 3.63) is 69.7 Å². The number of aliphatic hydroxyl groups excluding tert-OH is 1. The molecule has 254 valence electrons. The van der Waals surface area contributed by atoms with Crippen LogP contribution in [0.1, 0.15) is 52.7 Å². The van der Waals surface area contributed by atoms with Crippen LogP contribution in [0.4, 0.5) is 9.59 Å². The van der Waals surface area contributed by atoms with Crippen LogP contribution in [0.3, 0.4) is 0 Å². The van der Waals surface area contributed by atoms with Gasteiger partial charge in [0.1, 0.15) is 17.3 Å². The van der Waals surface area contributed by atoms with Gasteiger partial charge in [-0.05, 0) is 89.8 Å². The minimum Gasteiger partial charge on any atom is -0.444 e. The molecule has 12 heteroatoms. The predicted molar refractivity (Wildman–Crippen MR) is 176 cm³/mol. The normalized spacial score (nSPS) is 21.9. The summed E-state index contributed by atoms with van der Waals surface area (Å²) in [5, 5.41) is 10.7. The van der Waals surface area contributed by atoms with E-state index in [1.807, 2.05) is 90.1 Å². The number of amides is 2. The van der Waals surface area contributed by atoms with E-state index in [-0.39, 0.29) is 37.4 Å². The van der Waals surface area contributed by atoms with E-state index >= 15 is 0 Å². The molecule has 2 aliphatic rings. The van der Waals surface area contributed by atoms with Gasteiger partial charge in [-0.1, -0.05) is 47.5 Å². The lowest BCUT2D eigenvalue weighted by Crippen LogP contribution is -2.55. The Morgan fingerprint density at radius 2 is 1.20 bits per heavy atom. The molecule has 46 heavy (non-hydrogen) atoms. The monoisotopic (exact) mass is 680 g/mol. The minimum atomic E-state index is -0.607. The summed E-state index contributed by atoms with van der Waals surface area (Å²) in [4.78, 5) is 39.2. The Morgan fingerprint density at radius 1 is 0.783 bits per heavy atom. The second kappa shape index (κ2) is 16.8. The molecule has 0 saturated carbocycles. The Hall–Kier alpha value is -2.89. The average molecular weight is 682 g/mol. The first-order chi connectivity index (χ1) is 21.6. The SMILES string of the molecule is CC(C)(C)OC(=O)N1C[C@H](C=O)OCC1Cc1ccc(Cl)cc1.CC(C)(C)OC(=O)N1C[C@H](CO)OCC1Cc1ccc(Cl)cc1. The molecule has 10 nitrogen and oxygen atoms in total.